The van der Waals surface area contributed by atoms with Crippen LogP contribution in [0.25, 0.3) is 11.3 Å². The van der Waals surface area contributed by atoms with Gasteiger partial charge in [-0.25, -0.2) is 8.78 Å². The van der Waals surface area contributed by atoms with E-state index in [1.807, 2.05) is 42.5 Å². The second kappa shape index (κ2) is 12.5. The molecule has 7 nitrogen and oxygen atoms in total. The Balaban J connectivity index is 1.26. The van der Waals surface area contributed by atoms with Gasteiger partial charge in [0.15, 0.2) is 5.82 Å². The van der Waals surface area contributed by atoms with E-state index in [0.717, 1.165) is 17.1 Å². The van der Waals surface area contributed by atoms with Gasteiger partial charge in [-0.1, -0.05) is 54.6 Å². The van der Waals surface area contributed by atoms with Gasteiger partial charge in [-0.2, -0.15) is 0 Å². The van der Waals surface area contributed by atoms with Crippen molar-refractivity contribution in [3.05, 3.63) is 114 Å². The standard InChI is InChI=1S/C31H29F2N5O2/c32-25-13-11-23(12-14-25)21-38(31(40)26-9-4-5-10-27(26)33)22-30(39)37-18-6-17-36(19-20-37)29-16-15-28(34-35-29)24-7-2-1-3-8-24/h1-5,7-16H,6,17-22H2. The fraction of sp³-hybridized carbons (Fsp3) is 0.226. The van der Waals surface area contributed by atoms with E-state index in [-0.39, 0.29) is 24.6 Å². The smallest absolute Gasteiger partial charge is 0.257 e. The van der Waals surface area contributed by atoms with E-state index in [1.54, 1.807) is 23.1 Å². The first-order valence-electron chi connectivity index (χ1n) is 13.2. The molecule has 1 aliphatic rings. The Labute approximate surface area is 231 Å². The molecule has 0 atom stereocenters. The second-order valence-electron chi connectivity index (χ2n) is 9.63. The Bertz CT molecular complexity index is 1450. The third-order valence-corrected chi connectivity index (χ3v) is 6.90. The predicted octanol–water partition coefficient (Wildman–Crippen LogP) is 4.80. The van der Waals surface area contributed by atoms with Crippen molar-refractivity contribution >= 4 is 17.6 Å². The van der Waals surface area contributed by atoms with E-state index in [1.165, 1.54) is 35.2 Å². The number of halogens is 2. The minimum atomic E-state index is -0.658. The van der Waals surface area contributed by atoms with Crippen LogP contribution in [0, 0.1) is 11.6 Å². The summed E-state index contributed by atoms with van der Waals surface area (Å²) < 4.78 is 27.9. The summed E-state index contributed by atoms with van der Waals surface area (Å²) in [6, 6.07) is 25.1. The Morgan fingerprint density at radius 3 is 2.25 bits per heavy atom. The third-order valence-electron chi connectivity index (χ3n) is 6.90. The van der Waals surface area contributed by atoms with Crippen LogP contribution in [-0.2, 0) is 11.3 Å². The van der Waals surface area contributed by atoms with Crippen molar-refractivity contribution in [1.82, 2.24) is 20.0 Å². The molecule has 1 saturated heterocycles. The normalized spacial score (nSPS) is 13.6. The third kappa shape index (κ3) is 6.48. The minimum absolute atomic E-state index is 0.0442. The molecule has 0 N–H and O–H groups in total. The van der Waals surface area contributed by atoms with Crippen molar-refractivity contribution < 1.29 is 18.4 Å². The van der Waals surface area contributed by atoms with Crippen molar-refractivity contribution in [1.29, 1.82) is 0 Å². The number of aromatic nitrogens is 2. The first-order chi connectivity index (χ1) is 19.5. The molecule has 0 aliphatic carbocycles. The average molecular weight is 542 g/mol. The van der Waals surface area contributed by atoms with Gasteiger partial charge in [0, 0.05) is 38.3 Å². The van der Waals surface area contributed by atoms with E-state index in [0.29, 0.717) is 38.2 Å². The number of carbonyl (C=O) groups is 2. The van der Waals surface area contributed by atoms with Gasteiger partial charge in [0.05, 0.1) is 11.3 Å². The second-order valence-corrected chi connectivity index (χ2v) is 9.63. The van der Waals surface area contributed by atoms with Crippen molar-refractivity contribution in [2.75, 3.05) is 37.6 Å². The summed E-state index contributed by atoms with van der Waals surface area (Å²) >= 11 is 0. The zero-order valence-corrected chi connectivity index (χ0v) is 21.9. The summed E-state index contributed by atoms with van der Waals surface area (Å²) in [7, 11) is 0. The molecule has 3 aromatic carbocycles. The van der Waals surface area contributed by atoms with E-state index in [4.69, 9.17) is 0 Å². The molecule has 0 unspecified atom stereocenters. The maximum atomic E-state index is 14.5. The molecule has 9 heteroatoms. The number of hydrogen-bond donors (Lipinski definition) is 0. The summed E-state index contributed by atoms with van der Waals surface area (Å²) in [5, 5.41) is 8.79. The van der Waals surface area contributed by atoms with Gasteiger partial charge in [-0.15, -0.1) is 10.2 Å². The molecular weight excluding hydrogens is 512 g/mol. The highest BCUT2D eigenvalue weighted by Crippen LogP contribution is 2.20. The maximum Gasteiger partial charge on any atom is 0.257 e. The number of hydrogen-bond acceptors (Lipinski definition) is 5. The first kappa shape index (κ1) is 26.9. The van der Waals surface area contributed by atoms with E-state index in [2.05, 4.69) is 15.1 Å². The fourth-order valence-corrected chi connectivity index (χ4v) is 4.73. The van der Waals surface area contributed by atoms with Crippen molar-refractivity contribution in [3.63, 3.8) is 0 Å². The zero-order valence-electron chi connectivity index (χ0n) is 21.9. The Morgan fingerprint density at radius 1 is 0.775 bits per heavy atom. The van der Waals surface area contributed by atoms with Gasteiger partial charge in [-0.3, -0.25) is 9.59 Å². The number of carbonyl (C=O) groups excluding carboxylic acids is 2. The molecular formula is C31H29F2N5O2. The van der Waals surface area contributed by atoms with Crippen molar-refractivity contribution in [2.24, 2.45) is 0 Å². The van der Waals surface area contributed by atoms with Gasteiger partial charge < -0.3 is 14.7 Å². The van der Waals surface area contributed by atoms with Gasteiger partial charge >= 0.3 is 0 Å². The first-order valence-corrected chi connectivity index (χ1v) is 13.2. The van der Waals surface area contributed by atoms with Crippen LogP contribution in [0.3, 0.4) is 0 Å². The van der Waals surface area contributed by atoms with Crippen molar-refractivity contribution in [3.8, 4) is 11.3 Å². The molecule has 2 heterocycles. The number of rotatable bonds is 7. The summed E-state index contributed by atoms with van der Waals surface area (Å²) in [5.41, 5.74) is 2.30. The van der Waals surface area contributed by atoms with Crippen LogP contribution in [0.1, 0.15) is 22.3 Å². The number of anilines is 1. The van der Waals surface area contributed by atoms with Crippen LogP contribution >= 0.6 is 0 Å². The lowest BCUT2D eigenvalue weighted by Gasteiger charge is -2.27. The molecule has 40 heavy (non-hydrogen) atoms. The maximum absolute atomic E-state index is 14.5. The topological polar surface area (TPSA) is 69.6 Å². The Hall–Kier alpha value is -4.66. The van der Waals surface area contributed by atoms with Gasteiger partial charge in [0.2, 0.25) is 5.91 Å². The predicted molar refractivity (Wildman–Crippen MR) is 148 cm³/mol. The molecule has 1 aliphatic heterocycles. The SMILES string of the molecule is O=C(CN(Cc1ccc(F)cc1)C(=O)c1ccccc1F)N1CCCN(c2ccc(-c3ccccc3)nn2)CC1. The molecule has 2 amide bonds. The molecule has 1 fully saturated rings. The zero-order chi connectivity index (χ0) is 27.9. The molecule has 0 spiro atoms. The van der Waals surface area contributed by atoms with Crippen LogP contribution in [-0.4, -0.2) is 64.5 Å². The van der Waals surface area contributed by atoms with Gasteiger partial charge in [0.1, 0.15) is 18.2 Å². The lowest BCUT2D eigenvalue weighted by Crippen LogP contribution is -2.44. The monoisotopic (exact) mass is 541 g/mol. The number of amides is 2. The molecule has 204 valence electrons. The van der Waals surface area contributed by atoms with Gasteiger partial charge in [0.25, 0.3) is 5.91 Å². The highest BCUT2D eigenvalue weighted by Gasteiger charge is 2.26. The minimum Gasteiger partial charge on any atom is -0.353 e. The number of nitrogens with zero attached hydrogens (tertiary/aromatic N) is 5. The molecule has 4 aromatic rings. The van der Waals surface area contributed by atoms with Gasteiger partial charge in [-0.05, 0) is 48.4 Å². The van der Waals surface area contributed by atoms with Crippen LogP contribution in [0.2, 0.25) is 0 Å². The summed E-state index contributed by atoms with van der Waals surface area (Å²) in [6.07, 6.45) is 0.715. The molecule has 5 rings (SSSR count). The van der Waals surface area contributed by atoms with Crippen LogP contribution in [0.15, 0.2) is 91.0 Å². The van der Waals surface area contributed by atoms with Crippen LogP contribution < -0.4 is 4.90 Å². The number of benzene rings is 3. The van der Waals surface area contributed by atoms with Crippen LogP contribution in [0.4, 0.5) is 14.6 Å². The molecule has 0 radical (unpaired) electrons. The average Bonchev–Trinajstić information content (AvgIpc) is 3.25. The molecule has 1 aromatic heterocycles. The quantitative estimate of drug-likeness (QED) is 0.336. The summed E-state index contributed by atoms with van der Waals surface area (Å²) in [6.45, 7) is 2.04. The lowest BCUT2D eigenvalue weighted by molar-refractivity contribution is -0.131. The Morgan fingerprint density at radius 2 is 1.52 bits per heavy atom. The fourth-order valence-electron chi connectivity index (χ4n) is 4.73. The lowest BCUT2D eigenvalue weighted by atomic mass is 10.1. The highest BCUT2D eigenvalue weighted by atomic mass is 19.1. The molecule has 0 bridgehead atoms. The summed E-state index contributed by atoms with van der Waals surface area (Å²) in [5.74, 6) is -1.16. The largest absolute Gasteiger partial charge is 0.353 e. The van der Waals surface area contributed by atoms with E-state index in [9.17, 15) is 18.4 Å². The molecule has 0 saturated carbocycles. The Kier molecular flexibility index (Phi) is 8.39. The highest BCUT2D eigenvalue weighted by molar-refractivity contribution is 5.96. The van der Waals surface area contributed by atoms with E-state index < -0.39 is 17.5 Å². The van der Waals surface area contributed by atoms with Crippen molar-refractivity contribution in [2.45, 2.75) is 13.0 Å². The van der Waals surface area contributed by atoms with Crippen LogP contribution in [0.5, 0.6) is 0 Å². The van der Waals surface area contributed by atoms with E-state index >= 15 is 0 Å². The summed E-state index contributed by atoms with van der Waals surface area (Å²) in [4.78, 5) is 31.8.